The highest BCUT2D eigenvalue weighted by Crippen LogP contribution is 2.60. The van der Waals surface area contributed by atoms with Gasteiger partial charge < -0.3 is 23.6 Å². The van der Waals surface area contributed by atoms with Crippen LogP contribution in [0.4, 0.5) is 9.80 Å². The van der Waals surface area contributed by atoms with Crippen molar-refractivity contribution in [2.45, 2.75) is 90.3 Å². The van der Waals surface area contributed by atoms with Gasteiger partial charge in [-0.3, -0.25) is 9.48 Å². The van der Waals surface area contributed by atoms with Crippen molar-refractivity contribution in [1.82, 2.24) is 15.0 Å². The van der Waals surface area contributed by atoms with Gasteiger partial charge in [-0.2, -0.15) is 0 Å². The van der Waals surface area contributed by atoms with Crippen molar-refractivity contribution >= 4 is 20.0 Å². The molecule has 1 saturated heterocycles. The third kappa shape index (κ3) is 6.34. The average molecular weight is 585 g/mol. The van der Waals surface area contributed by atoms with Crippen LogP contribution in [0.25, 0.3) is 0 Å². The number of halogens is 1. The molecule has 0 saturated carbocycles. The first kappa shape index (κ1) is 31.1. The summed E-state index contributed by atoms with van der Waals surface area (Å²) in [5.74, 6) is 0.127. The number of fused-ring (bicyclic) bond motifs is 2. The lowest BCUT2D eigenvalue weighted by atomic mass is 9.82. The molecule has 0 aliphatic carbocycles. The van der Waals surface area contributed by atoms with Crippen LogP contribution >= 0.6 is 0 Å². The molecule has 2 aromatic rings. The molecule has 1 fully saturated rings. The van der Waals surface area contributed by atoms with Crippen LogP contribution in [0, 0.1) is 5.92 Å². The Kier molecular flexibility index (Phi) is 9.55. The zero-order valence-corrected chi connectivity index (χ0v) is 26.5. The number of allylic oxidation sites excluding steroid dienone is 3. The maximum atomic E-state index is 16.1. The first-order chi connectivity index (χ1) is 19.4. The summed E-state index contributed by atoms with van der Waals surface area (Å²) in [6, 6.07) is 5.67. The van der Waals surface area contributed by atoms with E-state index in [4.69, 9.17) is 9.47 Å². The molecule has 1 aromatic heterocycles. The third-order valence-corrected chi connectivity index (χ3v) is 10.9. The standard InChI is InChI=1S/C31H45FN4O4Si/c1-21(2)9-8-10-22(3)13-17-36-27-12-11-25(39-5)19-26(27)31(30(36)38)23(4)29(41(6,7)32)28(40-31)14-16-35-20-24(15-18-37)33-34-35/h9,11-13,19-20,23,28-29,37H,8,10,14-18H2,1-7H3/b22-13+/t23-,28+,29-,31+/m1/s1. The molecule has 41 heavy (non-hydrogen) atoms. The Bertz CT molecular complexity index is 1300. The Balaban J connectivity index is 1.66. The Morgan fingerprint density at radius 2 is 2.02 bits per heavy atom. The molecule has 10 heteroatoms. The predicted octanol–water partition coefficient (Wildman–Crippen LogP) is 5.73. The molecule has 4 atom stereocenters. The molecule has 2 aliphatic rings. The maximum absolute atomic E-state index is 16.1. The normalized spacial score (nSPS) is 24.3. The van der Waals surface area contributed by atoms with Gasteiger partial charge in [0.05, 0.1) is 24.6 Å². The summed E-state index contributed by atoms with van der Waals surface area (Å²) in [7, 11) is -1.66. The Morgan fingerprint density at radius 3 is 2.68 bits per heavy atom. The van der Waals surface area contributed by atoms with Gasteiger partial charge in [0.2, 0.25) is 8.41 Å². The highest BCUT2D eigenvalue weighted by molar-refractivity contribution is 6.72. The van der Waals surface area contributed by atoms with Gasteiger partial charge in [0.15, 0.2) is 5.60 Å². The van der Waals surface area contributed by atoms with E-state index in [2.05, 4.69) is 43.2 Å². The number of benzene rings is 1. The van der Waals surface area contributed by atoms with E-state index in [0.29, 0.717) is 37.4 Å². The molecule has 8 nitrogen and oxygen atoms in total. The molecule has 1 aromatic carbocycles. The predicted molar refractivity (Wildman–Crippen MR) is 161 cm³/mol. The van der Waals surface area contributed by atoms with E-state index in [1.54, 1.807) is 36.0 Å². The van der Waals surface area contributed by atoms with E-state index in [1.807, 2.05) is 25.1 Å². The minimum Gasteiger partial charge on any atom is -0.497 e. The number of hydrogen-bond donors (Lipinski definition) is 1. The lowest BCUT2D eigenvalue weighted by Crippen LogP contribution is -2.45. The highest BCUT2D eigenvalue weighted by atomic mass is 28.4. The molecule has 0 bridgehead atoms. The second kappa shape index (κ2) is 12.6. The largest absolute Gasteiger partial charge is 0.497 e. The summed E-state index contributed by atoms with van der Waals surface area (Å²) in [5, 5.41) is 17.5. The number of aliphatic hydroxyl groups excluding tert-OH is 1. The van der Waals surface area contributed by atoms with Crippen molar-refractivity contribution in [2.75, 3.05) is 25.2 Å². The van der Waals surface area contributed by atoms with Gasteiger partial charge in [-0.1, -0.05) is 35.4 Å². The van der Waals surface area contributed by atoms with Crippen molar-refractivity contribution in [3.8, 4) is 5.75 Å². The molecule has 1 amide bonds. The van der Waals surface area contributed by atoms with Crippen molar-refractivity contribution in [1.29, 1.82) is 0 Å². The van der Waals surface area contributed by atoms with E-state index in [-0.39, 0.29) is 18.4 Å². The van der Waals surface area contributed by atoms with Crippen molar-refractivity contribution < 1.29 is 23.5 Å². The van der Waals surface area contributed by atoms with E-state index in [1.165, 1.54) is 11.1 Å². The number of hydrogen-bond acceptors (Lipinski definition) is 6. The van der Waals surface area contributed by atoms with Gasteiger partial charge in [0, 0.05) is 49.3 Å². The van der Waals surface area contributed by atoms with E-state index in [0.717, 1.165) is 24.1 Å². The van der Waals surface area contributed by atoms with E-state index < -0.39 is 25.7 Å². The van der Waals surface area contributed by atoms with Crippen molar-refractivity contribution in [3.05, 3.63) is 59.0 Å². The fourth-order valence-corrected chi connectivity index (χ4v) is 9.02. The molecule has 0 unspecified atom stereocenters. The Hall–Kier alpha value is -2.82. The van der Waals surface area contributed by atoms with Gasteiger partial charge in [-0.15, -0.1) is 5.10 Å². The molecule has 1 N–H and O–H groups in total. The number of methoxy groups -OCH3 is 1. The summed E-state index contributed by atoms with van der Waals surface area (Å²) in [6.07, 6.45) is 8.48. The summed E-state index contributed by atoms with van der Waals surface area (Å²) < 4.78 is 30.1. The van der Waals surface area contributed by atoms with Gasteiger partial charge in [0.25, 0.3) is 5.91 Å². The van der Waals surface area contributed by atoms with Crippen LogP contribution < -0.4 is 9.64 Å². The van der Waals surface area contributed by atoms with Crippen LogP contribution in [0.15, 0.2) is 47.7 Å². The Labute approximate surface area is 244 Å². The molecule has 1 spiro atoms. The summed E-state index contributed by atoms with van der Waals surface area (Å²) in [6.45, 7) is 12.6. The van der Waals surface area contributed by atoms with Crippen molar-refractivity contribution in [3.63, 3.8) is 0 Å². The summed E-state index contributed by atoms with van der Waals surface area (Å²) in [4.78, 5) is 16.2. The monoisotopic (exact) mass is 584 g/mol. The minimum absolute atomic E-state index is 0.000165. The van der Waals surface area contributed by atoms with Crippen LogP contribution in [0.3, 0.4) is 0 Å². The van der Waals surface area contributed by atoms with Gasteiger partial charge >= 0.3 is 0 Å². The molecule has 0 radical (unpaired) electrons. The molecule has 2 aliphatic heterocycles. The molecule has 4 rings (SSSR count). The van der Waals surface area contributed by atoms with Gasteiger partial charge in [0.1, 0.15) is 5.75 Å². The number of rotatable bonds is 12. The van der Waals surface area contributed by atoms with Crippen LogP contribution in [-0.4, -0.2) is 60.8 Å². The minimum atomic E-state index is -3.27. The van der Waals surface area contributed by atoms with Gasteiger partial charge in [-0.25, -0.2) is 0 Å². The first-order valence-corrected chi connectivity index (χ1v) is 17.5. The number of anilines is 1. The van der Waals surface area contributed by atoms with E-state index in [9.17, 15) is 9.90 Å². The lowest BCUT2D eigenvalue weighted by molar-refractivity contribution is -0.145. The quantitative estimate of drug-likeness (QED) is 0.195. The number of aryl methyl sites for hydroxylation is 1. The number of carbonyl (C=O) groups is 1. The number of carbonyl (C=O) groups excluding carboxylic acids is 1. The SMILES string of the molecule is COc1ccc2c(c1)[C@]1(O[C@@H](CCn3cc(CCO)nn3)[C@H]([Si](C)(C)F)[C@H]1C)C(=O)N2C/C=C(\C)CCC=C(C)C. The molecular weight excluding hydrogens is 539 g/mol. The van der Waals surface area contributed by atoms with Crippen LogP contribution in [0.2, 0.25) is 18.6 Å². The van der Waals surface area contributed by atoms with Crippen molar-refractivity contribution in [2.24, 2.45) is 5.92 Å². The second-order valence-corrected chi connectivity index (χ2v) is 16.0. The summed E-state index contributed by atoms with van der Waals surface area (Å²) >= 11 is 0. The first-order valence-electron chi connectivity index (χ1n) is 14.6. The average Bonchev–Trinajstić information content (AvgIpc) is 3.55. The zero-order chi connectivity index (χ0) is 29.9. The molecule has 224 valence electrons. The van der Waals surface area contributed by atoms with Crippen LogP contribution in [0.5, 0.6) is 5.75 Å². The summed E-state index contributed by atoms with van der Waals surface area (Å²) in [5.41, 5.74) is 3.07. The molecular formula is C31H45FN4O4Si. The van der Waals surface area contributed by atoms with Crippen LogP contribution in [-0.2, 0) is 28.1 Å². The number of ether oxygens (including phenoxy) is 2. The highest BCUT2D eigenvalue weighted by Gasteiger charge is 2.66. The smallest absolute Gasteiger partial charge is 0.264 e. The van der Waals surface area contributed by atoms with Gasteiger partial charge in [-0.05, 0) is 71.3 Å². The topological polar surface area (TPSA) is 89.7 Å². The zero-order valence-electron chi connectivity index (χ0n) is 25.5. The second-order valence-electron chi connectivity index (χ2n) is 12.2. The fraction of sp³-hybridized carbons (Fsp3) is 0.581. The fourth-order valence-electron chi connectivity index (χ4n) is 6.48. The number of nitrogens with zero attached hydrogens (tertiary/aromatic N) is 4. The maximum Gasteiger partial charge on any atom is 0.264 e. The number of amides is 1. The molecule has 3 heterocycles. The van der Waals surface area contributed by atoms with Crippen LogP contribution in [0.1, 0.15) is 58.2 Å². The third-order valence-electron chi connectivity index (χ3n) is 8.48. The number of aliphatic hydroxyl groups is 1. The lowest BCUT2D eigenvalue weighted by Gasteiger charge is -2.31. The number of aromatic nitrogens is 3. The Morgan fingerprint density at radius 1 is 1.27 bits per heavy atom. The van der Waals surface area contributed by atoms with E-state index >= 15 is 4.11 Å².